The molecule has 0 aromatic heterocycles. The van der Waals surface area contributed by atoms with Crippen LogP contribution in [-0.4, -0.2) is 37.0 Å². The zero-order valence-electron chi connectivity index (χ0n) is 13.6. The number of allylic oxidation sites excluding steroid dienone is 1. The number of hydrogen-bond acceptors (Lipinski definition) is 2. The van der Waals surface area contributed by atoms with E-state index in [1.807, 2.05) is 19.1 Å². The lowest BCUT2D eigenvalue weighted by Gasteiger charge is -2.25. The smallest absolute Gasteiger partial charge is 0.348 e. The van der Waals surface area contributed by atoms with Crippen LogP contribution in [0.4, 0.5) is 13.2 Å². The van der Waals surface area contributed by atoms with E-state index in [0.717, 1.165) is 37.7 Å². The maximum atomic E-state index is 12.9. The normalized spacial score (nSPS) is 16.2. The van der Waals surface area contributed by atoms with Crippen molar-refractivity contribution >= 4 is 5.91 Å². The fourth-order valence-electron chi connectivity index (χ4n) is 2.55. The summed E-state index contributed by atoms with van der Waals surface area (Å²) in [5.74, 6) is -0.694. The second kappa shape index (κ2) is 8.15. The van der Waals surface area contributed by atoms with Crippen molar-refractivity contribution in [1.29, 1.82) is 0 Å². The zero-order valence-corrected chi connectivity index (χ0v) is 13.6. The minimum atomic E-state index is -4.54. The van der Waals surface area contributed by atoms with E-state index in [2.05, 4.69) is 16.3 Å². The van der Waals surface area contributed by atoms with Crippen LogP contribution < -0.4 is 5.32 Å². The third-order valence-corrected chi connectivity index (χ3v) is 3.94. The van der Waals surface area contributed by atoms with Crippen LogP contribution in [0.5, 0.6) is 0 Å². The van der Waals surface area contributed by atoms with Gasteiger partial charge in [-0.3, -0.25) is 9.69 Å². The Morgan fingerprint density at radius 3 is 2.71 bits per heavy atom. The molecule has 24 heavy (non-hydrogen) atoms. The highest BCUT2D eigenvalue weighted by Gasteiger charge is 2.34. The molecule has 3 nitrogen and oxygen atoms in total. The van der Waals surface area contributed by atoms with Crippen molar-refractivity contribution in [2.45, 2.75) is 19.5 Å². The van der Waals surface area contributed by atoms with Gasteiger partial charge in [0.2, 0.25) is 0 Å². The number of nitrogens with zero attached hydrogens (tertiary/aromatic N) is 1. The first-order valence-electron chi connectivity index (χ1n) is 7.87. The molecule has 0 spiro atoms. The first-order valence-corrected chi connectivity index (χ1v) is 7.87. The van der Waals surface area contributed by atoms with Crippen molar-refractivity contribution in [2.24, 2.45) is 0 Å². The van der Waals surface area contributed by atoms with Crippen LogP contribution >= 0.6 is 0 Å². The summed E-state index contributed by atoms with van der Waals surface area (Å²) in [5, 5.41) is 2.60. The zero-order chi connectivity index (χ0) is 17.6. The van der Waals surface area contributed by atoms with Crippen LogP contribution in [0, 0.1) is 0 Å². The van der Waals surface area contributed by atoms with Gasteiger partial charge >= 0.3 is 6.18 Å². The number of carbonyl (C=O) groups excluding carboxylic acids is 1. The summed E-state index contributed by atoms with van der Waals surface area (Å²) in [5.41, 5.74) is -0.196. The van der Waals surface area contributed by atoms with Crippen molar-refractivity contribution in [3.8, 4) is 0 Å². The Labute approximate surface area is 139 Å². The largest absolute Gasteiger partial charge is 0.417 e. The third-order valence-electron chi connectivity index (χ3n) is 3.94. The predicted octanol–water partition coefficient (Wildman–Crippen LogP) is 3.64. The van der Waals surface area contributed by atoms with Gasteiger partial charge in [-0.1, -0.05) is 35.9 Å². The average molecular weight is 338 g/mol. The molecule has 1 aromatic carbocycles. The summed E-state index contributed by atoms with van der Waals surface area (Å²) >= 11 is 0. The number of rotatable bonds is 5. The van der Waals surface area contributed by atoms with Crippen LogP contribution in [-0.2, 0) is 6.18 Å². The monoisotopic (exact) mass is 338 g/mol. The van der Waals surface area contributed by atoms with Crippen LogP contribution in [0.25, 0.3) is 0 Å². The SMILES string of the molecule is C/C=C/CN1CC=C(CNC(=O)c2ccccc2C(F)(F)F)CC1. The topological polar surface area (TPSA) is 32.3 Å². The van der Waals surface area contributed by atoms with Crippen LogP contribution in [0.2, 0.25) is 0 Å². The quantitative estimate of drug-likeness (QED) is 0.832. The molecule has 6 heteroatoms. The van der Waals surface area contributed by atoms with Gasteiger partial charge in [-0.25, -0.2) is 0 Å². The van der Waals surface area contributed by atoms with Crippen molar-refractivity contribution in [3.63, 3.8) is 0 Å². The molecule has 130 valence electrons. The van der Waals surface area contributed by atoms with Gasteiger partial charge in [0.15, 0.2) is 0 Å². The molecule has 0 bridgehead atoms. The maximum absolute atomic E-state index is 12.9. The highest BCUT2D eigenvalue weighted by atomic mass is 19.4. The van der Waals surface area contributed by atoms with E-state index in [4.69, 9.17) is 0 Å². The number of halogens is 3. The average Bonchev–Trinajstić information content (AvgIpc) is 2.58. The van der Waals surface area contributed by atoms with E-state index in [1.165, 1.54) is 18.2 Å². The number of benzene rings is 1. The molecule has 0 saturated heterocycles. The van der Waals surface area contributed by atoms with Gasteiger partial charge in [-0.15, -0.1) is 0 Å². The standard InChI is InChI=1S/C18H21F3N2O/c1-2-3-10-23-11-8-14(9-12-23)13-22-17(24)15-6-4-5-7-16(15)18(19,20)21/h2-8H,9-13H2,1H3,(H,22,24)/b3-2+. The predicted molar refractivity (Wildman–Crippen MR) is 87.7 cm³/mol. The molecule has 0 unspecified atom stereocenters. The summed E-state index contributed by atoms with van der Waals surface area (Å²) in [6.07, 6.45) is 2.37. The second-order valence-electron chi connectivity index (χ2n) is 5.67. The summed E-state index contributed by atoms with van der Waals surface area (Å²) in [4.78, 5) is 14.4. The molecule has 0 atom stereocenters. The highest BCUT2D eigenvalue weighted by molar-refractivity contribution is 5.96. The number of hydrogen-bond donors (Lipinski definition) is 1. The van der Waals surface area contributed by atoms with E-state index in [-0.39, 0.29) is 12.1 Å². The van der Waals surface area contributed by atoms with E-state index in [0.29, 0.717) is 0 Å². The lowest BCUT2D eigenvalue weighted by atomic mass is 10.1. The van der Waals surface area contributed by atoms with Gasteiger partial charge < -0.3 is 5.32 Å². The number of alkyl halides is 3. The van der Waals surface area contributed by atoms with Crippen LogP contribution in [0.3, 0.4) is 0 Å². The lowest BCUT2D eigenvalue weighted by Crippen LogP contribution is -2.33. The number of carbonyl (C=O) groups is 1. The molecule has 1 N–H and O–H groups in total. The van der Waals surface area contributed by atoms with Crippen molar-refractivity contribution in [3.05, 3.63) is 59.2 Å². The molecule has 1 heterocycles. The summed E-state index contributed by atoms with van der Waals surface area (Å²) in [7, 11) is 0. The van der Waals surface area contributed by atoms with Crippen LogP contribution in [0.15, 0.2) is 48.1 Å². The fraction of sp³-hybridized carbons (Fsp3) is 0.389. The Kier molecular flexibility index (Phi) is 6.20. The molecule has 0 fully saturated rings. The molecule has 0 radical (unpaired) electrons. The van der Waals surface area contributed by atoms with E-state index < -0.39 is 17.6 Å². The van der Waals surface area contributed by atoms with E-state index in [9.17, 15) is 18.0 Å². The highest BCUT2D eigenvalue weighted by Crippen LogP contribution is 2.31. The molecular weight excluding hydrogens is 317 g/mol. The first-order chi connectivity index (χ1) is 11.4. The van der Waals surface area contributed by atoms with Gasteiger partial charge in [0.1, 0.15) is 0 Å². The van der Waals surface area contributed by atoms with E-state index in [1.54, 1.807) is 0 Å². The van der Waals surface area contributed by atoms with Gasteiger partial charge in [0.25, 0.3) is 5.91 Å². The van der Waals surface area contributed by atoms with Crippen molar-refractivity contribution in [1.82, 2.24) is 10.2 Å². The molecular formula is C18H21F3N2O. The minimum absolute atomic E-state index is 0.280. The minimum Gasteiger partial charge on any atom is -0.348 e. The van der Waals surface area contributed by atoms with Crippen LogP contribution in [0.1, 0.15) is 29.3 Å². The Morgan fingerprint density at radius 2 is 2.08 bits per heavy atom. The maximum Gasteiger partial charge on any atom is 0.417 e. The molecule has 1 aliphatic rings. The summed E-state index contributed by atoms with van der Waals surface area (Å²) in [6.45, 7) is 4.80. The van der Waals surface area contributed by atoms with Gasteiger partial charge in [0.05, 0.1) is 11.1 Å². The Hall–Kier alpha value is -2.08. The second-order valence-corrected chi connectivity index (χ2v) is 5.67. The first kappa shape index (κ1) is 18.3. The molecule has 2 rings (SSSR count). The molecule has 0 aliphatic carbocycles. The number of amides is 1. The summed E-state index contributed by atoms with van der Waals surface area (Å²) in [6, 6.07) is 4.84. The molecule has 0 saturated carbocycles. The van der Waals surface area contributed by atoms with Gasteiger partial charge in [-0.2, -0.15) is 13.2 Å². The molecule has 1 aliphatic heterocycles. The Bertz CT molecular complexity index is 635. The van der Waals surface area contributed by atoms with E-state index >= 15 is 0 Å². The molecule has 1 aromatic rings. The summed E-state index contributed by atoms with van der Waals surface area (Å²) < 4.78 is 38.8. The Balaban J connectivity index is 1.94. The molecule has 1 amide bonds. The van der Waals surface area contributed by atoms with Crippen molar-refractivity contribution in [2.75, 3.05) is 26.2 Å². The third kappa shape index (κ3) is 4.96. The van der Waals surface area contributed by atoms with Crippen molar-refractivity contribution < 1.29 is 18.0 Å². The Morgan fingerprint density at radius 1 is 1.33 bits per heavy atom. The fourth-order valence-corrected chi connectivity index (χ4v) is 2.55. The lowest BCUT2D eigenvalue weighted by molar-refractivity contribution is -0.137. The van der Waals surface area contributed by atoms with Gasteiger partial charge in [0, 0.05) is 26.2 Å². The number of nitrogens with one attached hydrogen (secondary N) is 1. The van der Waals surface area contributed by atoms with Gasteiger partial charge in [-0.05, 0) is 25.5 Å².